The third-order valence-electron chi connectivity index (χ3n) is 4.31. The molecule has 0 saturated carbocycles. The van der Waals surface area contributed by atoms with Gasteiger partial charge in [-0.15, -0.1) is 0 Å². The average Bonchev–Trinajstić information content (AvgIpc) is 2.91. The number of ether oxygens (including phenoxy) is 1. The van der Waals surface area contributed by atoms with Crippen LogP contribution in [0.25, 0.3) is 11.1 Å². The summed E-state index contributed by atoms with van der Waals surface area (Å²) in [5.74, 6) is 0.386. The van der Waals surface area contributed by atoms with E-state index in [-0.39, 0.29) is 11.7 Å². The van der Waals surface area contributed by atoms with Crippen LogP contribution in [0.2, 0.25) is 0 Å². The first kappa shape index (κ1) is 16.1. The molecule has 0 spiro atoms. The fourth-order valence-corrected chi connectivity index (χ4v) is 3.04. The van der Waals surface area contributed by atoms with E-state index in [1.54, 1.807) is 47.9 Å². The molecule has 4 rings (SSSR count). The highest BCUT2D eigenvalue weighted by atomic mass is 16.5. The third-order valence-corrected chi connectivity index (χ3v) is 4.31. The van der Waals surface area contributed by atoms with Crippen LogP contribution in [0.1, 0.15) is 15.9 Å². The standard InChI is InChI=1S/C20H17N3O3/c24-18-10-16(14-3-1-5-21-11-14)9-17-13-23(7-8-26-19(17)18)20(25)15-4-2-6-22-12-15/h1-6,9-12,24H,7-8,13H2. The van der Waals surface area contributed by atoms with Crippen molar-refractivity contribution in [2.45, 2.75) is 6.54 Å². The Labute approximate surface area is 150 Å². The Morgan fingerprint density at radius 3 is 2.62 bits per heavy atom. The van der Waals surface area contributed by atoms with Gasteiger partial charge < -0.3 is 14.7 Å². The maximum absolute atomic E-state index is 12.8. The molecular weight excluding hydrogens is 330 g/mol. The Balaban J connectivity index is 1.69. The van der Waals surface area contributed by atoms with E-state index in [1.807, 2.05) is 18.2 Å². The second-order valence-corrected chi connectivity index (χ2v) is 6.04. The number of aromatic nitrogens is 2. The van der Waals surface area contributed by atoms with Crippen LogP contribution >= 0.6 is 0 Å². The van der Waals surface area contributed by atoms with E-state index in [2.05, 4.69) is 9.97 Å². The molecule has 0 saturated heterocycles. The van der Waals surface area contributed by atoms with E-state index < -0.39 is 0 Å². The first-order valence-electron chi connectivity index (χ1n) is 8.31. The van der Waals surface area contributed by atoms with E-state index in [9.17, 15) is 9.90 Å². The van der Waals surface area contributed by atoms with Crippen molar-refractivity contribution in [1.82, 2.24) is 14.9 Å². The lowest BCUT2D eigenvalue weighted by atomic mass is 10.0. The van der Waals surface area contributed by atoms with Gasteiger partial charge in [-0.25, -0.2) is 0 Å². The molecule has 0 bridgehead atoms. The summed E-state index contributed by atoms with van der Waals surface area (Å²) in [4.78, 5) is 22.6. The van der Waals surface area contributed by atoms with Crippen molar-refractivity contribution in [2.24, 2.45) is 0 Å². The lowest BCUT2D eigenvalue weighted by Gasteiger charge is -2.20. The summed E-state index contributed by atoms with van der Waals surface area (Å²) in [7, 11) is 0. The highest BCUT2D eigenvalue weighted by Crippen LogP contribution is 2.37. The van der Waals surface area contributed by atoms with Crippen LogP contribution in [-0.2, 0) is 6.54 Å². The summed E-state index contributed by atoms with van der Waals surface area (Å²) < 4.78 is 5.71. The topological polar surface area (TPSA) is 75.6 Å². The van der Waals surface area contributed by atoms with Crippen LogP contribution in [0.4, 0.5) is 0 Å². The van der Waals surface area contributed by atoms with Crippen LogP contribution in [0.3, 0.4) is 0 Å². The number of hydrogen-bond donors (Lipinski definition) is 1. The Morgan fingerprint density at radius 1 is 1.08 bits per heavy atom. The number of nitrogens with zero attached hydrogens (tertiary/aromatic N) is 3. The van der Waals surface area contributed by atoms with Gasteiger partial charge in [-0.05, 0) is 35.9 Å². The van der Waals surface area contributed by atoms with Gasteiger partial charge in [0.25, 0.3) is 5.91 Å². The van der Waals surface area contributed by atoms with Crippen molar-refractivity contribution in [3.8, 4) is 22.6 Å². The minimum Gasteiger partial charge on any atom is -0.504 e. The maximum atomic E-state index is 12.8. The number of benzene rings is 1. The Bertz CT molecular complexity index is 930. The lowest BCUT2D eigenvalue weighted by Crippen LogP contribution is -2.32. The van der Waals surface area contributed by atoms with E-state index in [4.69, 9.17) is 4.74 Å². The summed E-state index contributed by atoms with van der Waals surface area (Å²) in [6.07, 6.45) is 6.62. The molecule has 1 aliphatic heterocycles. The van der Waals surface area contributed by atoms with Crippen molar-refractivity contribution in [3.05, 3.63) is 72.3 Å². The highest BCUT2D eigenvalue weighted by molar-refractivity contribution is 5.94. The summed E-state index contributed by atoms with van der Waals surface area (Å²) in [6, 6.07) is 10.8. The van der Waals surface area contributed by atoms with Gasteiger partial charge in [0.05, 0.1) is 12.1 Å². The zero-order chi connectivity index (χ0) is 17.9. The summed E-state index contributed by atoms with van der Waals surface area (Å²) in [5, 5.41) is 10.4. The number of hydrogen-bond acceptors (Lipinski definition) is 5. The molecule has 2 aromatic heterocycles. The van der Waals surface area contributed by atoms with Crippen molar-refractivity contribution in [1.29, 1.82) is 0 Å². The predicted molar refractivity (Wildman–Crippen MR) is 95.8 cm³/mol. The fourth-order valence-electron chi connectivity index (χ4n) is 3.04. The number of phenols is 1. The average molecular weight is 347 g/mol. The molecule has 1 N–H and O–H groups in total. The number of amides is 1. The number of fused-ring (bicyclic) bond motifs is 1. The molecule has 0 unspecified atom stereocenters. The van der Waals surface area contributed by atoms with Crippen LogP contribution < -0.4 is 4.74 Å². The number of rotatable bonds is 2. The molecule has 0 fully saturated rings. The minimum atomic E-state index is -0.110. The van der Waals surface area contributed by atoms with Gasteiger partial charge in [0.2, 0.25) is 0 Å². The van der Waals surface area contributed by atoms with Gasteiger partial charge in [0.15, 0.2) is 11.5 Å². The number of phenolic OH excluding ortho intramolecular Hbond substituents is 1. The summed E-state index contributed by atoms with van der Waals surface area (Å²) in [5.41, 5.74) is 3.01. The van der Waals surface area contributed by atoms with E-state index >= 15 is 0 Å². The van der Waals surface area contributed by atoms with Gasteiger partial charge in [0.1, 0.15) is 6.61 Å². The van der Waals surface area contributed by atoms with Gasteiger partial charge in [0, 0.05) is 42.5 Å². The van der Waals surface area contributed by atoms with Crippen LogP contribution in [0.15, 0.2) is 61.2 Å². The normalized spacial score (nSPS) is 13.5. The molecule has 0 radical (unpaired) electrons. The van der Waals surface area contributed by atoms with Gasteiger partial charge >= 0.3 is 0 Å². The number of carbonyl (C=O) groups excluding carboxylic acids is 1. The molecule has 0 aliphatic carbocycles. The Kier molecular flexibility index (Phi) is 4.23. The third kappa shape index (κ3) is 3.09. The zero-order valence-electron chi connectivity index (χ0n) is 14.0. The number of pyridine rings is 2. The second-order valence-electron chi connectivity index (χ2n) is 6.04. The largest absolute Gasteiger partial charge is 0.504 e. The maximum Gasteiger partial charge on any atom is 0.255 e. The first-order valence-corrected chi connectivity index (χ1v) is 8.31. The van der Waals surface area contributed by atoms with Gasteiger partial charge in [-0.3, -0.25) is 14.8 Å². The minimum absolute atomic E-state index is 0.0667. The Hall–Kier alpha value is -3.41. The summed E-state index contributed by atoms with van der Waals surface area (Å²) in [6.45, 7) is 1.10. The predicted octanol–water partition coefficient (Wildman–Crippen LogP) is 2.88. The van der Waals surface area contributed by atoms with Crippen LogP contribution in [0.5, 0.6) is 11.5 Å². The molecule has 1 amide bonds. The van der Waals surface area contributed by atoms with Crippen molar-refractivity contribution in [3.63, 3.8) is 0 Å². The van der Waals surface area contributed by atoms with E-state index in [0.717, 1.165) is 16.7 Å². The quantitative estimate of drug-likeness (QED) is 0.771. The van der Waals surface area contributed by atoms with Crippen molar-refractivity contribution >= 4 is 5.91 Å². The lowest BCUT2D eigenvalue weighted by molar-refractivity contribution is 0.0732. The molecule has 0 atom stereocenters. The van der Waals surface area contributed by atoms with E-state index in [1.165, 1.54) is 0 Å². The molecule has 1 aromatic carbocycles. The van der Waals surface area contributed by atoms with E-state index in [0.29, 0.717) is 31.0 Å². The second kappa shape index (κ2) is 6.84. The molecule has 3 aromatic rings. The molecule has 3 heterocycles. The molecule has 6 heteroatoms. The monoisotopic (exact) mass is 347 g/mol. The Morgan fingerprint density at radius 2 is 1.88 bits per heavy atom. The SMILES string of the molecule is O=C(c1cccnc1)N1CCOc2c(O)cc(-c3cccnc3)cc2C1. The van der Waals surface area contributed by atoms with Crippen LogP contribution in [0, 0.1) is 0 Å². The zero-order valence-corrected chi connectivity index (χ0v) is 14.0. The van der Waals surface area contributed by atoms with Gasteiger partial charge in [-0.2, -0.15) is 0 Å². The first-order chi connectivity index (χ1) is 12.7. The highest BCUT2D eigenvalue weighted by Gasteiger charge is 2.23. The smallest absolute Gasteiger partial charge is 0.255 e. The van der Waals surface area contributed by atoms with Crippen LogP contribution in [-0.4, -0.2) is 39.0 Å². The fraction of sp³-hybridized carbons (Fsp3) is 0.150. The molecule has 6 nitrogen and oxygen atoms in total. The summed E-state index contributed by atoms with van der Waals surface area (Å²) >= 11 is 0. The van der Waals surface area contributed by atoms with Crippen molar-refractivity contribution < 1.29 is 14.6 Å². The molecule has 1 aliphatic rings. The molecular formula is C20H17N3O3. The molecule has 26 heavy (non-hydrogen) atoms. The number of aromatic hydroxyl groups is 1. The molecule has 130 valence electrons. The number of carbonyl (C=O) groups is 1. The van der Waals surface area contributed by atoms with Crippen molar-refractivity contribution in [2.75, 3.05) is 13.2 Å². The van der Waals surface area contributed by atoms with Gasteiger partial charge in [-0.1, -0.05) is 6.07 Å².